The summed E-state index contributed by atoms with van der Waals surface area (Å²) in [6.45, 7) is 5.22. The Bertz CT molecular complexity index is 413. The summed E-state index contributed by atoms with van der Waals surface area (Å²) < 4.78 is 10.7. The zero-order valence-electron chi connectivity index (χ0n) is 10.9. The Morgan fingerprint density at radius 3 is 2.89 bits per heavy atom. The fraction of sp³-hybridized carbons (Fsp3) is 0.667. The number of ether oxygens (including phenoxy) is 2. The molecule has 1 aromatic rings. The molecule has 1 atom stereocenters. The summed E-state index contributed by atoms with van der Waals surface area (Å²) in [5, 5.41) is 9.31. The van der Waals surface area contributed by atoms with Gasteiger partial charge in [-0.05, 0) is 0 Å². The van der Waals surface area contributed by atoms with Crippen molar-refractivity contribution in [3.8, 4) is 6.01 Å². The van der Waals surface area contributed by atoms with Crippen molar-refractivity contribution in [2.45, 2.75) is 6.92 Å². The molecule has 0 spiro atoms. The van der Waals surface area contributed by atoms with Crippen LogP contribution in [0, 0.1) is 5.92 Å². The van der Waals surface area contributed by atoms with E-state index in [-0.39, 0.29) is 18.5 Å². The first-order valence-electron chi connectivity index (χ1n) is 6.30. The number of morpholine rings is 1. The molecule has 0 aromatic carbocycles. The van der Waals surface area contributed by atoms with Crippen LogP contribution in [0.25, 0.3) is 0 Å². The van der Waals surface area contributed by atoms with E-state index in [4.69, 9.17) is 26.2 Å². The molecule has 2 rings (SSSR count). The fourth-order valence-corrected chi connectivity index (χ4v) is 1.84. The van der Waals surface area contributed by atoms with Crippen molar-refractivity contribution >= 4 is 17.4 Å². The molecule has 0 aliphatic carbocycles. The van der Waals surface area contributed by atoms with Gasteiger partial charge in [0.2, 0.25) is 0 Å². The SMILES string of the molecule is CC(CO)COc1nc(Cl)cc(N2CCOCC2)n1. The van der Waals surface area contributed by atoms with Crippen molar-refractivity contribution in [2.75, 3.05) is 44.4 Å². The van der Waals surface area contributed by atoms with Gasteiger partial charge < -0.3 is 19.5 Å². The average molecular weight is 288 g/mol. The van der Waals surface area contributed by atoms with Crippen LogP contribution in [0.3, 0.4) is 0 Å². The topological polar surface area (TPSA) is 67.7 Å². The molecule has 19 heavy (non-hydrogen) atoms. The number of nitrogens with zero attached hydrogens (tertiary/aromatic N) is 3. The zero-order chi connectivity index (χ0) is 13.7. The molecule has 1 N–H and O–H groups in total. The van der Waals surface area contributed by atoms with Crippen LogP contribution < -0.4 is 9.64 Å². The number of hydrogen-bond acceptors (Lipinski definition) is 6. The van der Waals surface area contributed by atoms with Crippen molar-refractivity contribution in [1.29, 1.82) is 0 Å². The van der Waals surface area contributed by atoms with Crippen molar-refractivity contribution in [1.82, 2.24) is 9.97 Å². The van der Waals surface area contributed by atoms with E-state index in [1.54, 1.807) is 6.07 Å². The molecule has 0 saturated carbocycles. The normalized spacial score (nSPS) is 17.3. The van der Waals surface area contributed by atoms with Gasteiger partial charge in [-0.25, -0.2) is 0 Å². The third-order valence-corrected chi connectivity index (χ3v) is 3.00. The molecule has 1 aromatic heterocycles. The van der Waals surface area contributed by atoms with E-state index < -0.39 is 0 Å². The molecule has 0 amide bonds. The van der Waals surface area contributed by atoms with Crippen LogP contribution >= 0.6 is 11.6 Å². The Morgan fingerprint density at radius 1 is 1.47 bits per heavy atom. The van der Waals surface area contributed by atoms with E-state index in [1.807, 2.05) is 6.92 Å². The summed E-state index contributed by atoms with van der Waals surface area (Å²) in [4.78, 5) is 10.4. The third-order valence-electron chi connectivity index (χ3n) is 2.80. The highest BCUT2D eigenvalue weighted by molar-refractivity contribution is 6.29. The van der Waals surface area contributed by atoms with Crippen LogP contribution in [0.15, 0.2) is 6.07 Å². The lowest BCUT2D eigenvalue weighted by Gasteiger charge is -2.27. The summed E-state index contributed by atoms with van der Waals surface area (Å²) in [5.74, 6) is 0.782. The predicted octanol–water partition coefficient (Wildman–Crippen LogP) is 0.974. The van der Waals surface area contributed by atoms with Crippen LogP contribution in [0.4, 0.5) is 5.82 Å². The van der Waals surface area contributed by atoms with Crippen LogP contribution in [0.2, 0.25) is 5.15 Å². The van der Waals surface area contributed by atoms with Crippen LogP contribution in [0.5, 0.6) is 6.01 Å². The predicted molar refractivity (Wildman–Crippen MR) is 71.8 cm³/mol. The molecule has 6 nitrogen and oxygen atoms in total. The van der Waals surface area contributed by atoms with Gasteiger partial charge in [-0.1, -0.05) is 18.5 Å². The summed E-state index contributed by atoms with van der Waals surface area (Å²) in [7, 11) is 0. The lowest BCUT2D eigenvalue weighted by Crippen LogP contribution is -2.36. The van der Waals surface area contributed by atoms with E-state index in [9.17, 15) is 0 Å². The maximum Gasteiger partial charge on any atom is 0.319 e. The Hall–Kier alpha value is -1.11. The molecular weight excluding hydrogens is 270 g/mol. The van der Waals surface area contributed by atoms with Crippen LogP contribution in [0.1, 0.15) is 6.92 Å². The molecule has 1 aliphatic heterocycles. The van der Waals surface area contributed by atoms with Gasteiger partial charge >= 0.3 is 6.01 Å². The van der Waals surface area contributed by atoms with Crippen molar-refractivity contribution in [3.05, 3.63) is 11.2 Å². The highest BCUT2D eigenvalue weighted by Crippen LogP contribution is 2.20. The second-order valence-electron chi connectivity index (χ2n) is 4.53. The summed E-state index contributed by atoms with van der Waals surface area (Å²) in [6.07, 6.45) is 0. The van der Waals surface area contributed by atoms with Gasteiger partial charge in [0.1, 0.15) is 11.0 Å². The van der Waals surface area contributed by atoms with Gasteiger partial charge in [-0.2, -0.15) is 9.97 Å². The van der Waals surface area contributed by atoms with Gasteiger partial charge in [0.15, 0.2) is 0 Å². The minimum atomic E-state index is 0.0365. The summed E-state index contributed by atoms with van der Waals surface area (Å²) >= 11 is 5.98. The minimum Gasteiger partial charge on any atom is -0.463 e. The number of aliphatic hydroxyl groups is 1. The molecule has 1 saturated heterocycles. The fourth-order valence-electron chi connectivity index (χ4n) is 1.67. The Kier molecular flexibility index (Phi) is 5.18. The van der Waals surface area contributed by atoms with E-state index in [0.717, 1.165) is 18.9 Å². The number of halogens is 1. The van der Waals surface area contributed by atoms with E-state index >= 15 is 0 Å². The van der Waals surface area contributed by atoms with Crippen molar-refractivity contribution < 1.29 is 14.6 Å². The molecule has 0 bridgehead atoms. The van der Waals surface area contributed by atoms with Crippen molar-refractivity contribution in [2.24, 2.45) is 5.92 Å². The number of aromatic nitrogens is 2. The Balaban J connectivity index is 2.05. The lowest BCUT2D eigenvalue weighted by molar-refractivity contribution is 0.122. The zero-order valence-corrected chi connectivity index (χ0v) is 11.6. The first-order valence-corrected chi connectivity index (χ1v) is 6.68. The van der Waals surface area contributed by atoms with E-state index in [1.165, 1.54) is 0 Å². The lowest BCUT2D eigenvalue weighted by atomic mass is 10.2. The molecule has 1 unspecified atom stereocenters. The Labute approximate surface area is 117 Å². The van der Waals surface area contributed by atoms with Gasteiger partial charge in [-0.3, -0.25) is 0 Å². The van der Waals surface area contributed by atoms with Crippen LogP contribution in [-0.4, -0.2) is 54.6 Å². The van der Waals surface area contributed by atoms with E-state index in [0.29, 0.717) is 25.0 Å². The van der Waals surface area contributed by atoms with Crippen LogP contribution in [-0.2, 0) is 4.74 Å². The summed E-state index contributed by atoms with van der Waals surface area (Å²) in [6, 6.07) is 1.96. The Morgan fingerprint density at radius 2 is 2.21 bits per heavy atom. The molecule has 7 heteroatoms. The largest absolute Gasteiger partial charge is 0.463 e. The highest BCUT2D eigenvalue weighted by atomic mass is 35.5. The molecule has 106 valence electrons. The average Bonchev–Trinajstić information content (AvgIpc) is 2.45. The standard InChI is InChI=1S/C12H18ClN3O3/c1-9(7-17)8-19-12-14-10(13)6-11(15-12)16-2-4-18-5-3-16/h6,9,17H,2-5,7-8H2,1H3. The first-order chi connectivity index (χ1) is 9.19. The number of aliphatic hydroxyl groups excluding tert-OH is 1. The smallest absolute Gasteiger partial charge is 0.319 e. The summed E-state index contributed by atoms with van der Waals surface area (Å²) in [5.41, 5.74) is 0. The maximum absolute atomic E-state index is 8.96. The number of anilines is 1. The van der Waals surface area contributed by atoms with Gasteiger partial charge in [0.25, 0.3) is 0 Å². The molecule has 0 radical (unpaired) electrons. The highest BCUT2D eigenvalue weighted by Gasteiger charge is 2.15. The first kappa shape index (κ1) is 14.3. The van der Waals surface area contributed by atoms with Crippen molar-refractivity contribution in [3.63, 3.8) is 0 Å². The van der Waals surface area contributed by atoms with Gasteiger partial charge in [-0.15, -0.1) is 0 Å². The second-order valence-corrected chi connectivity index (χ2v) is 4.92. The van der Waals surface area contributed by atoms with E-state index in [2.05, 4.69) is 14.9 Å². The number of hydrogen-bond donors (Lipinski definition) is 1. The number of rotatable bonds is 5. The molecule has 1 aliphatic rings. The van der Waals surface area contributed by atoms with Gasteiger partial charge in [0, 0.05) is 31.7 Å². The molecular formula is C12H18ClN3O3. The van der Waals surface area contributed by atoms with Gasteiger partial charge in [0.05, 0.1) is 19.8 Å². The maximum atomic E-state index is 8.96. The third kappa shape index (κ3) is 4.19. The quantitative estimate of drug-likeness (QED) is 0.814. The molecule has 2 heterocycles. The monoisotopic (exact) mass is 287 g/mol. The minimum absolute atomic E-state index is 0.0365. The second kappa shape index (κ2) is 6.88. The molecule has 1 fully saturated rings.